The predicted molar refractivity (Wildman–Crippen MR) is 72.1 cm³/mol. The minimum atomic E-state index is -0.174. The number of aryl methyl sites for hydroxylation is 1. The average Bonchev–Trinajstić information content (AvgIpc) is 2.28. The normalized spacial score (nSPS) is 11.4. The Balaban J connectivity index is 2.56. The molecule has 1 N–H and O–H groups in total. The van der Waals surface area contributed by atoms with Gasteiger partial charge in [0.15, 0.2) is 0 Å². The summed E-state index contributed by atoms with van der Waals surface area (Å²) < 4.78 is 11.0. The van der Waals surface area contributed by atoms with Gasteiger partial charge in [-0.15, -0.1) is 0 Å². The van der Waals surface area contributed by atoms with Gasteiger partial charge in [-0.2, -0.15) is 4.98 Å². The maximum atomic E-state index is 5.64. The summed E-state index contributed by atoms with van der Waals surface area (Å²) in [4.78, 5) is 8.52. The Hall–Kier alpha value is -1.36. The molecular weight excluding hydrogens is 230 g/mol. The first-order valence-electron chi connectivity index (χ1n) is 6.24. The van der Waals surface area contributed by atoms with Crippen molar-refractivity contribution in [1.82, 2.24) is 9.97 Å². The third-order valence-corrected chi connectivity index (χ3v) is 2.68. The molecule has 1 heterocycles. The SMILES string of the molecule is CCNc1cc(OCCC(C)(C)OC)nc(C)n1. The lowest BCUT2D eigenvalue weighted by Gasteiger charge is -2.22. The van der Waals surface area contributed by atoms with Crippen LogP contribution in [0.5, 0.6) is 5.88 Å². The van der Waals surface area contributed by atoms with Gasteiger partial charge in [-0.05, 0) is 27.7 Å². The van der Waals surface area contributed by atoms with Crippen molar-refractivity contribution in [1.29, 1.82) is 0 Å². The molecule has 0 radical (unpaired) electrons. The van der Waals surface area contributed by atoms with Crippen LogP contribution < -0.4 is 10.1 Å². The Bertz CT molecular complexity index is 380. The van der Waals surface area contributed by atoms with Crippen LogP contribution in [0.15, 0.2) is 6.07 Å². The Morgan fingerprint density at radius 1 is 1.33 bits per heavy atom. The van der Waals surface area contributed by atoms with Crippen LogP contribution in [0, 0.1) is 6.92 Å². The van der Waals surface area contributed by atoms with Gasteiger partial charge in [0.25, 0.3) is 0 Å². The fourth-order valence-electron chi connectivity index (χ4n) is 1.39. The highest BCUT2D eigenvalue weighted by Crippen LogP contribution is 2.16. The van der Waals surface area contributed by atoms with Crippen molar-refractivity contribution in [3.05, 3.63) is 11.9 Å². The fraction of sp³-hybridized carbons (Fsp3) is 0.692. The number of ether oxygens (including phenoxy) is 2. The topological polar surface area (TPSA) is 56.3 Å². The quantitative estimate of drug-likeness (QED) is 0.808. The zero-order chi connectivity index (χ0) is 13.6. The van der Waals surface area contributed by atoms with Gasteiger partial charge in [-0.3, -0.25) is 0 Å². The molecular formula is C13H23N3O2. The molecule has 0 saturated carbocycles. The molecule has 0 amide bonds. The number of anilines is 1. The van der Waals surface area contributed by atoms with Crippen LogP contribution in [0.4, 0.5) is 5.82 Å². The molecule has 0 fully saturated rings. The number of aromatic nitrogens is 2. The first-order valence-corrected chi connectivity index (χ1v) is 6.24. The number of nitrogens with one attached hydrogen (secondary N) is 1. The summed E-state index contributed by atoms with van der Waals surface area (Å²) in [6, 6.07) is 1.82. The van der Waals surface area contributed by atoms with E-state index in [9.17, 15) is 0 Å². The number of rotatable bonds is 7. The van der Waals surface area contributed by atoms with Gasteiger partial charge in [0, 0.05) is 26.1 Å². The molecule has 0 unspecified atom stereocenters. The van der Waals surface area contributed by atoms with Crippen molar-refractivity contribution >= 4 is 5.82 Å². The second-order valence-electron chi connectivity index (χ2n) is 4.73. The highest BCUT2D eigenvalue weighted by molar-refractivity contribution is 5.38. The van der Waals surface area contributed by atoms with Gasteiger partial charge in [0.1, 0.15) is 11.6 Å². The first kappa shape index (κ1) is 14.7. The minimum absolute atomic E-state index is 0.174. The van der Waals surface area contributed by atoms with Crippen LogP contribution in [-0.2, 0) is 4.74 Å². The molecule has 0 aliphatic carbocycles. The van der Waals surface area contributed by atoms with E-state index in [1.54, 1.807) is 7.11 Å². The lowest BCUT2D eigenvalue weighted by Crippen LogP contribution is -2.25. The lowest BCUT2D eigenvalue weighted by atomic mass is 10.1. The van der Waals surface area contributed by atoms with Crippen LogP contribution >= 0.6 is 0 Å². The van der Waals surface area contributed by atoms with E-state index in [2.05, 4.69) is 15.3 Å². The molecule has 1 rings (SSSR count). The van der Waals surface area contributed by atoms with Crippen LogP contribution in [0.25, 0.3) is 0 Å². The van der Waals surface area contributed by atoms with E-state index in [4.69, 9.17) is 9.47 Å². The van der Waals surface area contributed by atoms with E-state index < -0.39 is 0 Å². The van der Waals surface area contributed by atoms with Gasteiger partial charge in [-0.1, -0.05) is 0 Å². The molecule has 5 heteroatoms. The van der Waals surface area contributed by atoms with Gasteiger partial charge in [-0.25, -0.2) is 4.98 Å². The van der Waals surface area contributed by atoms with Crippen molar-refractivity contribution in [2.75, 3.05) is 25.6 Å². The number of methoxy groups -OCH3 is 1. The van der Waals surface area contributed by atoms with Crippen molar-refractivity contribution in [2.45, 2.75) is 39.7 Å². The van der Waals surface area contributed by atoms with E-state index in [1.807, 2.05) is 33.8 Å². The summed E-state index contributed by atoms with van der Waals surface area (Å²) >= 11 is 0. The predicted octanol–water partition coefficient (Wildman–Crippen LogP) is 2.41. The summed E-state index contributed by atoms with van der Waals surface area (Å²) in [7, 11) is 1.71. The largest absolute Gasteiger partial charge is 0.477 e. The molecule has 0 aromatic carbocycles. The molecule has 0 spiro atoms. The zero-order valence-corrected chi connectivity index (χ0v) is 11.9. The summed E-state index contributed by atoms with van der Waals surface area (Å²) in [5, 5.41) is 3.15. The Morgan fingerprint density at radius 3 is 2.67 bits per heavy atom. The fourth-order valence-corrected chi connectivity index (χ4v) is 1.39. The molecule has 0 saturated heterocycles. The molecule has 0 aliphatic rings. The van der Waals surface area contributed by atoms with Crippen molar-refractivity contribution in [3.8, 4) is 5.88 Å². The molecule has 102 valence electrons. The maximum absolute atomic E-state index is 5.64. The number of hydrogen-bond donors (Lipinski definition) is 1. The smallest absolute Gasteiger partial charge is 0.218 e. The van der Waals surface area contributed by atoms with Gasteiger partial charge in [0.05, 0.1) is 12.2 Å². The third kappa shape index (κ3) is 4.87. The molecule has 1 aromatic rings. The van der Waals surface area contributed by atoms with E-state index in [-0.39, 0.29) is 5.60 Å². The van der Waals surface area contributed by atoms with Gasteiger partial charge in [0.2, 0.25) is 5.88 Å². The monoisotopic (exact) mass is 253 g/mol. The Kier molecular flexibility index (Phi) is 5.34. The van der Waals surface area contributed by atoms with Gasteiger partial charge >= 0.3 is 0 Å². The minimum Gasteiger partial charge on any atom is -0.477 e. The highest BCUT2D eigenvalue weighted by atomic mass is 16.5. The average molecular weight is 253 g/mol. The molecule has 1 aromatic heterocycles. The highest BCUT2D eigenvalue weighted by Gasteiger charge is 2.16. The van der Waals surface area contributed by atoms with E-state index >= 15 is 0 Å². The van der Waals surface area contributed by atoms with E-state index in [0.29, 0.717) is 18.3 Å². The molecule has 0 aliphatic heterocycles. The Labute approximate surface area is 109 Å². The lowest BCUT2D eigenvalue weighted by molar-refractivity contribution is 0.00507. The molecule has 18 heavy (non-hydrogen) atoms. The zero-order valence-electron chi connectivity index (χ0n) is 11.9. The summed E-state index contributed by atoms with van der Waals surface area (Å²) in [5.41, 5.74) is -0.174. The van der Waals surface area contributed by atoms with Crippen LogP contribution in [0.3, 0.4) is 0 Å². The Morgan fingerprint density at radius 2 is 2.06 bits per heavy atom. The molecule has 0 bridgehead atoms. The summed E-state index contributed by atoms with van der Waals surface area (Å²) in [5.74, 6) is 2.10. The second-order valence-corrected chi connectivity index (χ2v) is 4.73. The third-order valence-electron chi connectivity index (χ3n) is 2.68. The second kappa shape index (κ2) is 6.54. The maximum Gasteiger partial charge on any atom is 0.218 e. The number of nitrogens with zero attached hydrogens (tertiary/aromatic N) is 2. The van der Waals surface area contributed by atoms with Crippen LogP contribution in [0.2, 0.25) is 0 Å². The van der Waals surface area contributed by atoms with Crippen LogP contribution in [0.1, 0.15) is 33.0 Å². The van der Waals surface area contributed by atoms with E-state index in [0.717, 1.165) is 18.8 Å². The molecule has 0 atom stereocenters. The number of hydrogen-bond acceptors (Lipinski definition) is 5. The summed E-state index contributed by atoms with van der Waals surface area (Å²) in [6.07, 6.45) is 0.809. The van der Waals surface area contributed by atoms with Gasteiger partial charge < -0.3 is 14.8 Å². The van der Waals surface area contributed by atoms with Crippen molar-refractivity contribution in [2.24, 2.45) is 0 Å². The molecule has 5 nitrogen and oxygen atoms in total. The van der Waals surface area contributed by atoms with Crippen molar-refractivity contribution in [3.63, 3.8) is 0 Å². The van der Waals surface area contributed by atoms with E-state index in [1.165, 1.54) is 0 Å². The first-order chi connectivity index (χ1) is 8.46. The standard InChI is InChI=1S/C13H23N3O2/c1-6-14-11-9-12(16-10(2)15-11)18-8-7-13(3,4)17-5/h9H,6-8H2,1-5H3,(H,14,15,16). The van der Waals surface area contributed by atoms with Crippen LogP contribution in [-0.4, -0.2) is 35.8 Å². The summed E-state index contributed by atoms with van der Waals surface area (Å²) in [6.45, 7) is 9.35. The van der Waals surface area contributed by atoms with Crippen molar-refractivity contribution < 1.29 is 9.47 Å².